The standard InChI is InChI=1S/C13H16ClNO6S/c1-20-9-2-3-11(10(14)8-9)22(18,19)15-13(12(16)17)4-6-21-7-5-13/h2-3,8,15H,4-7H2,1H3,(H,16,17). The number of benzene rings is 1. The molecule has 1 aromatic rings. The van der Waals surface area contributed by atoms with Crippen molar-refractivity contribution in [2.45, 2.75) is 23.3 Å². The zero-order valence-corrected chi connectivity index (χ0v) is 13.4. The second-order valence-electron chi connectivity index (χ2n) is 4.90. The molecule has 0 spiro atoms. The van der Waals surface area contributed by atoms with E-state index < -0.39 is 21.5 Å². The Labute approximate surface area is 133 Å². The molecule has 22 heavy (non-hydrogen) atoms. The number of methoxy groups -OCH3 is 1. The van der Waals surface area contributed by atoms with Crippen LogP contribution in [0.2, 0.25) is 5.02 Å². The highest BCUT2D eigenvalue weighted by Crippen LogP contribution is 2.29. The van der Waals surface area contributed by atoms with Crippen molar-refractivity contribution in [1.82, 2.24) is 4.72 Å². The quantitative estimate of drug-likeness (QED) is 0.829. The number of sulfonamides is 1. The van der Waals surface area contributed by atoms with Gasteiger partial charge in [0.2, 0.25) is 10.0 Å². The van der Waals surface area contributed by atoms with E-state index in [1.165, 1.54) is 25.3 Å². The maximum Gasteiger partial charge on any atom is 0.325 e. The molecular formula is C13H16ClNO6S. The van der Waals surface area contributed by atoms with Gasteiger partial charge in [0.25, 0.3) is 0 Å². The van der Waals surface area contributed by atoms with Crippen molar-refractivity contribution < 1.29 is 27.8 Å². The molecule has 9 heteroatoms. The number of hydrogen-bond donors (Lipinski definition) is 2. The molecule has 7 nitrogen and oxygen atoms in total. The molecule has 1 saturated heterocycles. The lowest BCUT2D eigenvalue weighted by molar-refractivity contribution is -0.147. The van der Waals surface area contributed by atoms with Crippen molar-refractivity contribution in [3.05, 3.63) is 23.2 Å². The van der Waals surface area contributed by atoms with E-state index >= 15 is 0 Å². The minimum atomic E-state index is -4.09. The number of carbonyl (C=O) groups is 1. The van der Waals surface area contributed by atoms with E-state index in [-0.39, 0.29) is 36.0 Å². The number of aliphatic carboxylic acids is 1. The largest absolute Gasteiger partial charge is 0.497 e. The molecule has 1 aliphatic heterocycles. The minimum absolute atomic E-state index is 0.0422. The van der Waals surface area contributed by atoms with Crippen LogP contribution in [0.15, 0.2) is 23.1 Å². The molecule has 122 valence electrons. The molecule has 2 rings (SSSR count). The zero-order chi connectivity index (χ0) is 16.4. The first-order chi connectivity index (χ1) is 10.3. The maximum absolute atomic E-state index is 12.5. The van der Waals surface area contributed by atoms with Crippen molar-refractivity contribution in [3.8, 4) is 5.75 Å². The Bertz CT molecular complexity index is 669. The van der Waals surface area contributed by atoms with E-state index in [2.05, 4.69) is 4.72 Å². The van der Waals surface area contributed by atoms with Crippen LogP contribution >= 0.6 is 11.6 Å². The van der Waals surface area contributed by atoms with E-state index in [4.69, 9.17) is 21.1 Å². The first-order valence-electron chi connectivity index (χ1n) is 6.49. The smallest absolute Gasteiger partial charge is 0.325 e. The van der Waals surface area contributed by atoms with Crippen molar-refractivity contribution in [3.63, 3.8) is 0 Å². The van der Waals surface area contributed by atoms with Crippen LogP contribution < -0.4 is 9.46 Å². The lowest BCUT2D eigenvalue weighted by atomic mass is 9.92. The molecule has 1 heterocycles. The molecule has 0 unspecified atom stereocenters. The fourth-order valence-electron chi connectivity index (χ4n) is 2.22. The Morgan fingerprint density at radius 2 is 2.05 bits per heavy atom. The van der Waals surface area contributed by atoms with Crippen LogP contribution in [0.5, 0.6) is 5.75 Å². The van der Waals surface area contributed by atoms with Crippen molar-refractivity contribution in [2.75, 3.05) is 20.3 Å². The van der Waals surface area contributed by atoms with E-state index in [1.807, 2.05) is 0 Å². The fraction of sp³-hybridized carbons (Fsp3) is 0.462. The molecule has 0 aliphatic carbocycles. The molecule has 2 N–H and O–H groups in total. The van der Waals surface area contributed by atoms with Gasteiger partial charge in [0.15, 0.2) is 0 Å². The third-order valence-electron chi connectivity index (χ3n) is 3.51. The average Bonchev–Trinajstić information content (AvgIpc) is 2.47. The summed E-state index contributed by atoms with van der Waals surface area (Å²) in [4.78, 5) is 11.3. The predicted octanol–water partition coefficient (Wildman–Crippen LogP) is 1.26. The molecule has 0 radical (unpaired) electrons. The number of carboxylic acid groups (broad SMARTS) is 1. The Hall–Kier alpha value is -1.35. The van der Waals surface area contributed by atoms with Crippen LogP contribution in [0.3, 0.4) is 0 Å². The zero-order valence-electron chi connectivity index (χ0n) is 11.8. The summed E-state index contributed by atoms with van der Waals surface area (Å²) in [5.41, 5.74) is -1.58. The summed E-state index contributed by atoms with van der Waals surface area (Å²) in [6.45, 7) is 0.344. The molecule has 0 aromatic heterocycles. The van der Waals surface area contributed by atoms with Gasteiger partial charge in [-0.25, -0.2) is 8.42 Å². The first-order valence-corrected chi connectivity index (χ1v) is 8.35. The highest BCUT2D eigenvalue weighted by atomic mass is 35.5. The molecule has 0 bridgehead atoms. The molecule has 0 amide bonds. The number of ether oxygens (including phenoxy) is 2. The number of carboxylic acids is 1. The molecule has 1 aliphatic rings. The van der Waals surface area contributed by atoms with Gasteiger partial charge < -0.3 is 14.6 Å². The summed E-state index contributed by atoms with van der Waals surface area (Å²) in [6.07, 6.45) is 0.102. The lowest BCUT2D eigenvalue weighted by Gasteiger charge is -2.33. The number of hydrogen-bond acceptors (Lipinski definition) is 5. The van der Waals surface area contributed by atoms with Gasteiger partial charge in [-0.1, -0.05) is 11.6 Å². The molecule has 1 fully saturated rings. The third-order valence-corrected chi connectivity index (χ3v) is 5.53. The minimum Gasteiger partial charge on any atom is -0.497 e. The van der Waals surface area contributed by atoms with Crippen LogP contribution in [-0.2, 0) is 19.6 Å². The Morgan fingerprint density at radius 3 is 2.55 bits per heavy atom. The average molecular weight is 350 g/mol. The molecule has 0 atom stereocenters. The summed E-state index contributed by atoms with van der Waals surface area (Å²) in [5, 5.41) is 9.37. The fourth-order valence-corrected chi connectivity index (χ4v) is 4.17. The summed E-state index contributed by atoms with van der Waals surface area (Å²) < 4.78 is 37.3. The number of nitrogens with one attached hydrogen (secondary N) is 1. The van der Waals surface area contributed by atoms with Crippen molar-refractivity contribution >= 4 is 27.6 Å². The van der Waals surface area contributed by atoms with Crippen LogP contribution in [0.1, 0.15) is 12.8 Å². The summed E-state index contributed by atoms with van der Waals surface area (Å²) >= 11 is 5.96. The SMILES string of the molecule is COc1ccc(S(=O)(=O)NC2(C(=O)O)CCOCC2)c(Cl)c1. The topological polar surface area (TPSA) is 102 Å². The van der Waals surface area contributed by atoms with Crippen LogP contribution in [0.25, 0.3) is 0 Å². The number of rotatable bonds is 5. The molecular weight excluding hydrogens is 334 g/mol. The maximum atomic E-state index is 12.5. The predicted molar refractivity (Wildman–Crippen MR) is 78.7 cm³/mol. The Kier molecular flexibility index (Phi) is 4.96. The first kappa shape index (κ1) is 17.0. The normalized spacial score (nSPS) is 17.9. The summed E-state index contributed by atoms with van der Waals surface area (Å²) in [5.74, 6) is -0.827. The van der Waals surface area contributed by atoms with Crippen LogP contribution in [-0.4, -0.2) is 45.4 Å². The third kappa shape index (κ3) is 3.35. The van der Waals surface area contributed by atoms with Gasteiger partial charge in [-0.3, -0.25) is 4.79 Å². The monoisotopic (exact) mass is 349 g/mol. The van der Waals surface area contributed by atoms with E-state index in [0.717, 1.165) is 0 Å². The molecule has 1 aromatic carbocycles. The summed E-state index contributed by atoms with van der Waals surface area (Å²) in [7, 11) is -2.66. The van der Waals surface area contributed by atoms with Gasteiger partial charge in [0.05, 0.1) is 12.1 Å². The van der Waals surface area contributed by atoms with Crippen LogP contribution in [0, 0.1) is 0 Å². The number of halogens is 1. The summed E-state index contributed by atoms with van der Waals surface area (Å²) in [6, 6.07) is 4.07. The van der Waals surface area contributed by atoms with E-state index in [1.54, 1.807) is 0 Å². The van der Waals surface area contributed by atoms with Gasteiger partial charge in [-0.15, -0.1) is 0 Å². The van der Waals surface area contributed by atoms with Gasteiger partial charge in [-0.05, 0) is 12.1 Å². The van der Waals surface area contributed by atoms with Gasteiger partial charge in [0, 0.05) is 32.1 Å². The highest BCUT2D eigenvalue weighted by Gasteiger charge is 2.44. The van der Waals surface area contributed by atoms with Crippen LogP contribution in [0.4, 0.5) is 0 Å². The Morgan fingerprint density at radius 1 is 1.41 bits per heavy atom. The van der Waals surface area contributed by atoms with E-state index in [9.17, 15) is 18.3 Å². The Balaban J connectivity index is 2.35. The van der Waals surface area contributed by atoms with Gasteiger partial charge >= 0.3 is 5.97 Å². The second kappa shape index (κ2) is 6.41. The lowest BCUT2D eigenvalue weighted by Crippen LogP contribution is -2.57. The van der Waals surface area contributed by atoms with E-state index in [0.29, 0.717) is 5.75 Å². The van der Waals surface area contributed by atoms with Crippen molar-refractivity contribution in [2.24, 2.45) is 0 Å². The van der Waals surface area contributed by atoms with Gasteiger partial charge in [0.1, 0.15) is 16.2 Å². The second-order valence-corrected chi connectivity index (χ2v) is 6.96. The van der Waals surface area contributed by atoms with Crippen molar-refractivity contribution in [1.29, 1.82) is 0 Å². The van der Waals surface area contributed by atoms with Gasteiger partial charge in [-0.2, -0.15) is 4.72 Å². The highest BCUT2D eigenvalue weighted by molar-refractivity contribution is 7.89. The molecule has 0 saturated carbocycles.